The quantitative estimate of drug-likeness (QED) is 0.599. The molecular formula is C8H15NO. The molecular weight excluding hydrogens is 126 g/mol. The van der Waals surface area contributed by atoms with Gasteiger partial charge in [0.05, 0.1) is 6.04 Å². The lowest BCUT2D eigenvalue weighted by atomic mass is 10.1. The van der Waals surface area contributed by atoms with Gasteiger partial charge in [0, 0.05) is 6.42 Å². The van der Waals surface area contributed by atoms with Gasteiger partial charge >= 0.3 is 0 Å². The molecule has 2 N–H and O–H groups in total. The first kappa shape index (κ1) is 9.37. The van der Waals surface area contributed by atoms with Crippen LogP contribution in [0, 0.1) is 0 Å². The summed E-state index contributed by atoms with van der Waals surface area (Å²) >= 11 is 0. The van der Waals surface area contributed by atoms with Crippen LogP contribution in [0.25, 0.3) is 0 Å². The highest BCUT2D eigenvalue weighted by atomic mass is 16.1. The van der Waals surface area contributed by atoms with E-state index in [4.69, 9.17) is 5.73 Å². The van der Waals surface area contributed by atoms with Crippen LogP contribution in [0.15, 0.2) is 12.2 Å². The van der Waals surface area contributed by atoms with Crippen molar-refractivity contribution in [3.05, 3.63) is 12.2 Å². The summed E-state index contributed by atoms with van der Waals surface area (Å²) in [5.74, 6) is 0.114. The topological polar surface area (TPSA) is 43.1 Å². The van der Waals surface area contributed by atoms with E-state index in [1.807, 2.05) is 6.92 Å². The number of nitrogens with two attached hydrogens (primary N) is 1. The van der Waals surface area contributed by atoms with Gasteiger partial charge in [0.25, 0.3) is 0 Å². The van der Waals surface area contributed by atoms with Crippen LogP contribution in [0.5, 0.6) is 0 Å². The van der Waals surface area contributed by atoms with Gasteiger partial charge in [-0.15, -0.1) is 6.58 Å². The number of hydrogen-bond acceptors (Lipinski definition) is 2. The second-order valence-corrected chi connectivity index (χ2v) is 2.71. The molecule has 0 aromatic carbocycles. The number of rotatable bonds is 4. The van der Waals surface area contributed by atoms with Gasteiger partial charge in [-0.2, -0.15) is 0 Å². The molecule has 0 aromatic heterocycles. The Morgan fingerprint density at radius 1 is 1.60 bits per heavy atom. The fraction of sp³-hybridized carbons (Fsp3) is 0.625. The fourth-order valence-corrected chi connectivity index (χ4v) is 0.564. The lowest BCUT2D eigenvalue weighted by molar-refractivity contribution is -0.119. The first-order chi connectivity index (χ1) is 4.54. The van der Waals surface area contributed by atoms with Crippen molar-refractivity contribution in [1.82, 2.24) is 0 Å². The van der Waals surface area contributed by atoms with Crippen LogP contribution in [0.4, 0.5) is 0 Å². The third-order valence-corrected chi connectivity index (χ3v) is 1.31. The zero-order chi connectivity index (χ0) is 8.15. The lowest BCUT2D eigenvalue weighted by Crippen LogP contribution is -2.26. The Labute approximate surface area is 62.1 Å². The second-order valence-electron chi connectivity index (χ2n) is 2.71. The third kappa shape index (κ3) is 4.27. The minimum Gasteiger partial charge on any atom is -0.322 e. The van der Waals surface area contributed by atoms with E-state index in [0.29, 0.717) is 6.42 Å². The molecule has 0 saturated carbocycles. The van der Waals surface area contributed by atoms with Gasteiger partial charge in [-0.05, 0) is 20.3 Å². The zero-order valence-corrected chi connectivity index (χ0v) is 6.68. The Kier molecular flexibility index (Phi) is 3.96. The summed E-state index contributed by atoms with van der Waals surface area (Å²) < 4.78 is 0. The fourth-order valence-electron chi connectivity index (χ4n) is 0.564. The molecule has 0 heterocycles. The van der Waals surface area contributed by atoms with Crippen molar-refractivity contribution in [3.8, 4) is 0 Å². The van der Waals surface area contributed by atoms with Gasteiger partial charge in [0.2, 0.25) is 0 Å². The Balaban J connectivity index is 3.50. The summed E-state index contributed by atoms with van der Waals surface area (Å²) in [5.41, 5.74) is 6.38. The lowest BCUT2D eigenvalue weighted by Gasteiger charge is -2.02. The van der Waals surface area contributed by atoms with Gasteiger partial charge < -0.3 is 5.73 Å². The molecule has 10 heavy (non-hydrogen) atoms. The molecule has 0 rings (SSSR count). The predicted octanol–water partition coefficient (Wildman–Crippen LogP) is 1.26. The highest BCUT2D eigenvalue weighted by Crippen LogP contribution is 2.01. The van der Waals surface area contributed by atoms with E-state index in [9.17, 15) is 4.79 Å². The molecule has 0 amide bonds. The number of carbonyl (C=O) groups is 1. The average molecular weight is 141 g/mol. The molecule has 0 aliphatic rings. The SMILES string of the molecule is C=C(C)CCC(=O)C(C)N. The molecule has 0 aromatic rings. The Morgan fingerprint density at radius 3 is 2.40 bits per heavy atom. The molecule has 2 nitrogen and oxygen atoms in total. The highest BCUT2D eigenvalue weighted by Gasteiger charge is 2.05. The van der Waals surface area contributed by atoms with Crippen molar-refractivity contribution in [2.24, 2.45) is 5.73 Å². The predicted molar refractivity (Wildman–Crippen MR) is 42.7 cm³/mol. The van der Waals surface area contributed by atoms with E-state index >= 15 is 0 Å². The molecule has 58 valence electrons. The Morgan fingerprint density at radius 2 is 2.10 bits per heavy atom. The molecule has 0 aliphatic carbocycles. The number of Topliss-reactive ketones (excluding diaryl/α,β-unsaturated/α-hetero) is 1. The number of hydrogen-bond donors (Lipinski definition) is 1. The summed E-state index contributed by atoms with van der Waals surface area (Å²) in [5, 5.41) is 0. The van der Waals surface area contributed by atoms with Crippen molar-refractivity contribution < 1.29 is 4.79 Å². The van der Waals surface area contributed by atoms with Gasteiger partial charge in [-0.25, -0.2) is 0 Å². The maximum atomic E-state index is 10.9. The molecule has 1 atom stereocenters. The Hall–Kier alpha value is -0.630. The normalized spacial score (nSPS) is 12.7. The van der Waals surface area contributed by atoms with E-state index in [0.717, 1.165) is 12.0 Å². The summed E-state index contributed by atoms with van der Waals surface area (Å²) in [7, 11) is 0. The molecule has 0 saturated heterocycles. The summed E-state index contributed by atoms with van der Waals surface area (Å²) in [4.78, 5) is 10.9. The third-order valence-electron chi connectivity index (χ3n) is 1.31. The minimum atomic E-state index is -0.320. The van der Waals surface area contributed by atoms with E-state index in [1.54, 1.807) is 6.92 Å². The first-order valence-electron chi connectivity index (χ1n) is 3.46. The summed E-state index contributed by atoms with van der Waals surface area (Å²) in [6, 6.07) is -0.320. The average Bonchev–Trinajstić information content (AvgIpc) is 1.82. The largest absolute Gasteiger partial charge is 0.322 e. The monoisotopic (exact) mass is 141 g/mol. The van der Waals surface area contributed by atoms with Crippen LogP contribution in [-0.2, 0) is 4.79 Å². The van der Waals surface area contributed by atoms with Gasteiger partial charge in [0.15, 0.2) is 0 Å². The van der Waals surface area contributed by atoms with Crippen LogP contribution < -0.4 is 5.73 Å². The van der Waals surface area contributed by atoms with Crippen LogP contribution in [-0.4, -0.2) is 11.8 Å². The first-order valence-corrected chi connectivity index (χ1v) is 3.46. The standard InChI is InChI=1S/C8H15NO/c1-6(2)4-5-8(10)7(3)9/h7H,1,4-5,9H2,2-3H3. The molecule has 0 radical (unpaired) electrons. The molecule has 0 bridgehead atoms. The number of allylic oxidation sites excluding steroid dienone is 1. The van der Waals surface area contributed by atoms with Crippen molar-refractivity contribution in [1.29, 1.82) is 0 Å². The van der Waals surface area contributed by atoms with Gasteiger partial charge in [-0.1, -0.05) is 5.57 Å². The van der Waals surface area contributed by atoms with Crippen LogP contribution in [0.3, 0.4) is 0 Å². The van der Waals surface area contributed by atoms with Crippen molar-refractivity contribution in [2.75, 3.05) is 0 Å². The van der Waals surface area contributed by atoms with E-state index in [-0.39, 0.29) is 11.8 Å². The smallest absolute Gasteiger partial charge is 0.149 e. The van der Waals surface area contributed by atoms with Crippen LogP contribution in [0.1, 0.15) is 26.7 Å². The number of carbonyl (C=O) groups excluding carboxylic acids is 1. The van der Waals surface area contributed by atoms with Crippen molar-refractivity contribution in [2.45, 2.75) is 32.7 Å². The van der Waals surface area contributed by atoms with E-state index in [1.165, 1.54) is 0 Å². The Bertz CT molecular complexity index is 138. The van der Waals surface area contributed by atoms with Gasteiger partial charge in [0.1, 0.15) is 5.78 Å². The highest BCUT2D eigenvalue weighted by molar-refractivity contribution is 5.83. The zero-order valence-electron chi connectivity index (χ0n) is 6.68. The van der Waals surface area contributed by atoms with Crippen molar-refractivity contribution in [3.63, 3.8) is 0 Å². The summed E-state index contributed by atoms with van der Waals surface area (Å²) in [6.07, 6.45) is 1.30. The molecule has 2 heteroatoms. The maximum Gasteiger partial charge on any atom is 0.149 e. The minimum absolute atomic E-state index is 0.114. The number of ketones is 1. The molecule has 0 spiro atoms. The molecule has 1 unspecified atom stereocenters. The van der Waals surface area contributed by atoms with E-state index < -0.39 is 0 Å². The van der Waals surface area contributed by atoms with Gasteiger partial charge in [-0.3, -0.25) is 4.79 Å². The molecule has 0 fully saturated rings. The van der Waals surface area contributed by atoms with Crippen LogP contribution >= 0.6 is 0 Å². The van der Waals surface area contributed by atoms with Crippen LogP contribution in [0.2, 0.25) is 0 Å². The summed E-state index contributed by atoms with van der Waals surface area (Å²) in [6.45, 7) is 7.31. The molecule has 0 aliphatic heterocycles. The van der Waals surface area contributed by atoms with E-state index in [2.05, 4.69) is 6.58 Å². The van der Waals surface area contributed by atoms with Crippen molar-refractivity contribution >= 4 is 5.78 Å². The maximum absolute atomic E-state index is 10.9. The second kappa shape index (κ2) is 4.23.